The van der Waals surface area contributed by atoms with E-state index in [9.17, 15) is 15.3 Å². The zero-order chi connectivity index (χ0) is 22.6. The molecule has 3 fully saturated rings. The Morgan fingerprint density at radius 3 is 2.52 bits per heavy atom. The molecular weight excluding hydrogens is 384 g/mol. The minimum absolute atomic E-state index is 0.115. The number of hydrogen-bond donors (Lipinski definition) is 3. The first-order valence-corrected chi connectivity index (χ1v) is 13.2. The summed E-state index contributed by atoms with van der Waals surface area (Å²) >= 11 is 0. The highest BCUT2D eigenvalue weighted by atomic mass is 16.3. The Kier molecular flexibility index (Phi) is 6.47. The predicted molar refractivity (Wildman–Crippen MR) is 126 cm³/mol. The molecule has 0 radical (unpaired) electrons. The van der Waals surface area contributed by atoms with Crippen LogP contribution in [0.15, 0.2) is 11.6 Å². The number of allylic oxidation sites excluding steroid dienone is 1. The van der Waals surface area contributed by atoms with Gasteiger partial charge in [0.15, 0.2) is 0 Å². The van der Waals surface area contributed by atoms with Gasteiger partial charge in [0.05, 0.1) is 18.3 Å². The molecule has 0 saturated heterocycles. The normalized spacial score (nSPS) is 46.2. The molecule has 5 unspecified atom stereocenters. The second-order valence-electron chi connectivity index (χ2n) is 12.9. The smallest absolute Gasteiger partial charge is 0.0874 e. The standard InChI is InChI=1S/C28H48O3/c1-18(6-7-19(2)28(5,31)17-29)23-10-11-24-22-9-8-20-16-21(30)12-14-26(20,3)25(22)13-15-27(23,24)4/h8,18-19,21-25,29-31H,6-7,9-17H2,1-5H3/t18-,19+,21+,22?,23?,24?,25?,26+,27-,28?/m1/s1. The second kappa shape index (κ2) is 8.44. The van der Waals surface area contributed by atoms with Crippen LogP contribution in [0.5, 0.6) is 0 Å². The molecule has 178 valence electrons. The molecule has 0 amide bonds. The monoisotopic (exact) mass is 432 g/mol. The van der Waals surface area contributed by atoms with Crippen molar-refractivity contribution in [3.63, 3.8) is 0 Å². The van der Waals surface area contributed by atoms with E-state index in [1.54, 1.807) is 12.5 Å². The van der Waals surface area contributed by atoms with Crippen molar-refractivity contribution in [3.05, 3.63) is 11.6 Å². The van der Waals surface area contributed by atoms with Crippen LogP contribution in [-0.2, 0) is 0 Å². The van der Waals surface area contributed by atoms with E-state index in [1.165, 1.54) is 38.5 Å². The van der Waals surface area contributed by atoms with Gasteiger partial charge in [-0.05, 0) is 111 Å². The molecule has 3 nitrogen and oxygen atoms in total. The third-order valence-electron chi connectivity index (χ3n) is 11.3. The lowest BCUT2D eigenvalue weighted by Crippen LogP contribution is -2.50. The molecular formula is C28H48O3. The van der Waals surface area contributed by atoms with Crippen molar-refractivity contribution >= 4 is 0 Å². The van der Waals surface area contributed by atoms with Crippen molar-refractivity contribution in [2.45, 2.75) is 111 Å². The van der Waals surface area contributed by atoms with Crippen molar-refractivity contribution in [2.75, 3.05) is 6.61 Å². The van der Waals surface area contributed by atoms with Gasteiger partial charge in [-0.1, -0.05) is 45.8 Å². The fourth-order valence-corrected chi connectivity index (χ4v) is 8.80. The van der Waals surface area contributed by atoms with E-state index in [-0.39, 0.29) is 18.6 Å². The number of fused-ring (bicyclic) bond motifs is 5. The third-order valence-corrected chi connectivity index (χ3v) is 11.3. The summed E-state index contributed by atoms with van der Waals surface area (Å²) < 4.78 is 0. The molecule has 0 aliphatic heterocycles. The van der Waals surface area contributed by atoms with Crippen LogP contribution in [0.2, 0.25) is 0 Å². The summed E-state index contributed by atoms with van der Waals surface area (Å²) in [5.74, 6) is 4.08. The van der Waals surface area contributed by atoms with Crippen LogP contribution in [0.25, 0.3) is 0 Å². The van der Waals surface area contributed by atoms with Gasteiger partial charge >= 0.3 is 0 Å². The molecule has 0 aromatic rings. The predicted octanol–water partition coefficient (Wildman–Crippen LogP) is 5.72. The van der Waals surface area contributed by atoms with Crippen LogP contribution in [-0.4, -0.2) is 33.6 Å². The van der Waals surface area contributed by atoms with Crippen LogP contribution in [0.1, 0.15) is 98.8 Å². The van der Waals surface area contributed by atoms with Crippen molar-refractivity contribution in [1.82, 2.24) is 0 Å². The van der Waals surface area contributed by atoms with Crippen molar-refractivity contribution in [2.24, 2.45) is 46.3 Å². The summed E-state index contributed by atoms with van der Waals surface area (Å²) in [6, 6.07) is 0. The molecule has 4 aliphatic rings. The van der Waals surface area contributed by atoms with E-state index in [0.717, 1.165) is 49.4 Å². The largest absolute Gasteiger partial charge is 0.393 e. The number of hydrogen-bond acceptors (Lipinski definition) is 3. The number of aliphatic hydroxyl groups excluding tert-OH is 2. The maximum atomic E-state index is 10.4. The highest BCUT2D eigenvalue weighted by molar-refractivity contribution is 5.25. The van der Waals surface area contributed by atoms with Crippen molar-refractivity contribution in [3.8, 4) is 0 Å². The highest BCUT2D eigenvalue weighted by Gasteiger charge is 2.59. The van der Waals surface area contributed by atoms with Gasteiger partial charge in [-0.15, -0.1) is 0 Å². The summed E-state index contributed by atoms with van der Waals surface area (Å²) in [7, 11) is 0. The Bertz CT molecular complexity index is 684. The van der Waals surface area contributed by atoms with E-state index in [1.807, 2.05) is 0 Å². The van der Waals surface area contributed by atoms with Crippen LogP contribution in [0.3, 0.4) is 0 Å². The number of rotatable bonds is 6. The maximum Gasteiger partial charge on any atom is 0.0874 e. The molecule has 0 aromatic carbocycles. The van der Waals surface area contributed by atoms with Gasteiger partial charge in [0.2, 0.25) is 0 Å². The van der Waals surface area contributed by atoms with Crippen LogP contribution in [0, 0.1) is 46.3 Å². The lowest BCUT2D eigenvalue weighted by molar-refractivity contribution is -0.0610. The molecule has 0 spiro atoms. The summed E-state index contributed by atoms with van der Waals surface area (Å²) in [6.07, 6.45) is 14.4. The Hall–Kier alpha value is -0.380. The van der Waals surface area contributed by atoms with E-state index in [2.05, 4.69) is 33.8 Å². The van der Waals surface area contributed by atoms with E-state index in [4.69, 9.17) is 0 Å². The quantitative estimate of drug-likeness (QED) is 0.470. The van der Waals surface area contributed by atoms with Crippen LogP contribution in [0.4, 0.5) is 0 Å². The van der Waals surface area contributed by atoms with Crippen molar-refractivity contribution < 1.29 is 15.3 Å². The first kappa shape index (κ1) is 23.8. The third kappa shape index (κ3) is 3.95. The lowest BCUT2D eigenvalue weighted by Gasteiger charge is -2.58. The number of aliphatic hydroxyl groups is 3. The van der Waals surface area contributed by atoms with Gasteiger partial charge < -0.3 is 15.3 Å². The summed E-state index contributed by atoms with van der Waals surface area (Å²) in [6.45, 7) is 11.3. The molecule has 0 aromatic heterocycles. The zero-order valence-electron chi connectivity index (χ0n) is 20.7. The summed E-state index contributed by atoms with van der Waals surface area (Å²) in [5, 5.41) is 30.1. The first-order valence-electron chi connectivity index (χ1n) is 13.2. The molecule has 4 rings (SSSR count). The fraction of sp³-hybridized carbons (Fsp3) is 0.929. The Morgan fingerprint density at radius 2 is 1.81 bits per heavy atom. The van der Waals surface area contributed by atoms with Gasteiger partial charge in [-0.3, -0.25) is 0 Å². The minimum Gasteiger partial charge on any atom is -0.393 e. The maximum absolute atomic E-state index is 10.4. The molecule has 31 heavy (non-hydrogen) atoms. The fourth-order valence-electron chi connectivity index (χ4n) is 8.80. The van der Waals surface area contributed by atoms with E-state index in [0.29, 0.717) is 16.7 Å². The lowest BCUT2D eigenvalue weighted by atomic mass is 9.47. The van der Waals surface area contributed by atoms with Gasteiger partial charge in [-0.25, -0.2) is 0 Å². The van der Waals surface area contributed by atoms with Gasteiger partial charge in [-0.2, -0.15) is 0 Å². The molecule has 4 aliphatic carbocycles. The minimum atomic E-state index is -0.963. The van der Waals surface area contributed by atoms with Gasteiger partial charge in [0.1, 0.15) is 0 Å². The van der Waals surface area contributed by atoms with Gasteiger partial charge in [0.25, 0.3) is 0 Å². The zero-order valence-corrected chi connectivity index (χ0v) is 20.7. The van der Waals surface area contributed by atoms with Crippen molar-refractivity contribution in [1.29, 1.82) is 0 Å². The second-order valence-corrected chi connectivity index (χ2v) is 12.9. The molecule has 0 bridgehead atoms. The molecule has 0 heterocycles. The van der Waals surface area contributed by atoms with Gasteiger partial charge in [0, 0.05) is 0 Å². The van der Waals surface area contributed by atoms with E-state index < -0.39 is 5.60 Å². The SMILES string of the molecule is C[C@H](CC[C@H](C)C(C)(O)CO)C1CCC2C3CC=C4C[C@@H](O)CC[C@]4(C)C3CC[C@@]21C. The van der Waals surface area contributed by atoms with Crippen LogP contribution < -0.4 is 0 Å². The Morgan fingerprint density at radius 1 is 1.06 bits per heavy atom. The Labute approximate surface area is 190 Å². The average Bonchev–Trinajstić information content (AvgIpc) is 3.09. The first-order chi connectivity index (χ1) is 14.5. The molecule has 3 saturated carbocycles. The highest BCUT2D eigenvalue weighted by Crippen LogP contribution is 2.67. The average molecular weight is 433 g/mol. The topological polar surface area (TPSA) is 60.7 Å². The Balaban J connectivity index is 1.46. The summed E-state index contributed by atoms with van der Waals surface area (Å²) in [4.78, 5) is 0. The summed E-state index contributed by atoms with van der Waals surface area (Å²) in [5.41, 5.74) is 1.40. The van der Waals surface area contributed by atoms with Crippen LogP contribution >= 0.6 is 0 Å². The molecule has 3 heteroatoms. The molecule has 3 N–H and O–H groups in total. The molecule has 10 atom stereocenters. The van der Waals surface area contributed by atoms with E-state index >= 15 is 0 Å².